The molecular formula is C13H13NO3. The Balaban J connectivity index is 1.90. The van der Waals surface area contributed by atoms with Crippen molar-refractivity contribution in [3.05, 3.63) is 29.8 Å². The third-order valence-corrected chi connectivity index (χ3v) is 3.73. The van der Waals surface area contributed by atoms with Crippen molar-refractivity contribution in [2.45, 2.75) is 5.92 Å². The van der Waals surface area contributed by atoms with E-state index < -0.39 is 0 Å². The molecular weight excluding hydrogens is 218 g/mol. The van der Waals surface area contributed by atoms with Gasteiger partial charge < -0.3 is 4.74 Å². The number of rotatable bonds is 2. The molecule has 0 N–H and O–H groups in total. The van der Waals surface area contributed by atoms with Gasteiger partial charge in [0.1, 0.15) is 5.75 Å². The van der Waals surface area contributed by atoms with Gasteiger partial charge in [0.25, 0.3) is 0 Å². The smallest absolute Gasteiger partial charge is 0.233 e. The number of methoxy groups -OCH3 is 1. The minimum Gasteiger partial charge on any atom is -0.497 e. The number of carbonyl (C=O) groups is 2. The molecule has 2 amide bonds. The molecule has 1 aromatic carbocycles. The maximum absolute atomic E-state index is 11.8. The van der Waals surface area contributed by atoms with Crippen LogP contribution in [-0.2, 0) is 9.59 Å². The van der Waals surface area contributed by atoms with Gasteiger partial charge in [-0.3, -0.25) is 14.5 Å². The molecule has 3 rings (SSSR count). The van der Waals surface area contributed by atoms with Gasteiger partial charge in [0.2, 0.25) is 11.8 Å². The van der Waals surface area contributed by atoms with Crippen LogP contribution >= 0.6 is 0 Å². The summed E-state index contributed by atoms with van der Waals surface area (Å²) in [5, 5.41) is 0. The van der Waals surface area contributed by atoms with Crippen LogP contribution in [0.15, 0.2) is 24.3 Å². The third kappa shape index (κ3) is 1.30. The summed E-state index contributed by atoms with van der Waals surface area (Å²) in [5.74, 6) is 0.446. The number of fused-ring (bicyclic) bond motifs is 1. The fourth-order valence-corrected chi connectivity index (χ4v) is 2.74. The molecule has 0 radical (unpaired) electrons. The van der Waals surface area contributed by atoms with Crippen LogP contribution in [0.3, 0.4) is 0 Å². The molecule has 4 nitrogen and oxygen atoms in total. The molecule has 1 saturated carbocycles. The van der Waals surface area contributed by atoms with Crippen molar-refractivity contribution < 1.29 is 14.3 Å². The first-order chi connectivity index (χ1) is 8.15. The second-order valence-electron chi connectivity index (χ2n) is 4.59. The Morgan fingerprint density at radius 1 is 1.12 bits per heavy atom. The summed E-state index contributed by atoms with van der Waals surface area (Å²) in [6.45, 7) is 0. The molecule has 3 atom stereocenters. The van der Waals surface area contributed by atoms with Gasteiger partial charge in [-0.05, 0) is 17.7 Å². The first-order valence-electron chi connectivity index (χ1n) is 5.60. The highest BCUT2D eigenvalue weighted by molar-refractivity contribution is 6.10. The summed E-state index contributed by atoms with van der Waals surface area (Å²) in [4.78, 5) is 24.8. The molecule has 17 heavy (non-hydrogen) atoms. The Labute approximate surface area is 99.2 Å². The van der Waals surface area contributed by atoms with Gasteiger partial charge in [0, 0.05) is 13.0 Å². The average molecular weight is 231 g/mol. The normalized spacial score (nSPS) is 30.5. The Morgan fingerprint density at radius 3 is 2.35 bits per heavy atom. The molecule has 88 valence electrons. The zero-order valence-electron chi connectivity index (χ0n) is 9.71. The van der Waals surface area contributed by atoms with E-state index in [0.29, 0.717) is 0 Å². The number of ether oxygens (including phenoxy) is 1. The zero-order chi connectivity index (χ0) is 12.2. The lowest BCUT2D eigenvalue weighted by molar-refractivity contribution is -0.139. The molecule has 2 aliphatic rings. The van der Waals surface area contributed by atoms with Crippen molar-refractivity contribution in [3.8, 4) is 5.75 Å². The van der Waals surface area contributed by atoms with E-state index >= 15 is 0 Å². The first kappa shape index (κ1) is 10.3. The van der Waals surface area contributed by atoms with Gasteiger partial charge in [-0.15, -0.1) is 0 Å². The van der Waals surface area contributed by atoms with Gasteiger partial charge in [-0.25, -0.2) is 0 Å². The summed E-state index contributed by atoms with van der Waals surface area (Å²) in [7, 11) is 3.16. The summed E-state index contributed by atoms with van der Waals surface area (Å²) in [6, 6.07) is 7.61. The second kappa shape index (κ2) is 3.32. The highest BCUT2D eigenvalue weighted by Gasteiger charge is 2.66. The molecule has 1 saturated heterocycles. The van der Waals surface area contributed by atoms with Crippen molar-refractivity contribution in [2.75, 3.05) is 14.2 Å². The van der Waals surface area contributed by atoms with Crippen LogP contribution in [0.25, 0.3) is 0 Å². The molecule has 0 bridgehead atoms. The SMILES string of the molecule is COc1cccc(C2[C@H]3C(=O)N(C)C(=O)[C@@H]23)c1. The summed E-state index contributed by atoms with van der Waals surface area (Å²) >= 11 is 0. The first-order valence-corrected chi connectivity index (χ1v) is 5.60. The van der Waals surface area contributed by atoms with E-state index in [4.69, 9.17) is 4.74 Å². The molecule has 1 aliphatic carbocycles. The molecule has 4 heteroatoms. The largest absolute Gasteiger partial charge is 0.497 e. The lowest BCUT2D eigenvalue weighted by atomic mass is 10.1. The van der Waals surface area contributed by atoms with Crippen LogP contribution in [0.4, 0.5) is 0 Å². The van der Waals surface area contributed by atoms with Crippen molar-refractivity contribution in [1.29, 1.82) is 0 Å². The van der Waals surface area contributed by atoms with Crippen molar-refractivity contribution in [2.24, 2.45) is 11.8 Å². The number of hydrogen-bond donors (Lipinski definition) is 0. The molecule has 1 unspecified atom stereocenters. The maximum atomic E-state index is 11.8. The van der Waals surface area contributed by atoms with Crippen LogP contribution in [0.2, 0.25) is 0 Å². The fraction of sp³-hybridized carbons (Fsp3) is 0.385. The van der Waals surface area contributed by atoms with Crippen LogP contribution in [-0.4, -0.2) is 30.9 Å². The fourth-order valence-electron chi connectivity index (χ4n) is 2.74. The molecule has 2 fully saturated rings. The monoisotopic (exact) mass is 231 g/mol. The number of piperidine rings is 1. The number of nitrogens with zero attached hydrogens (tertiary/aromatic N) is 1. The molecule has 1 aromatic rings. The number of benzene rings is 1. The second-order valence-corrected chi connectivity index (χ2v) is 4.59. The van der Waals surface area contributed by atoms with E-state index in [1.807, 2.05) is 24.3 Å². The van der Waals surface area contributed by atoms with Crippen LogP contribution in [0.1, 0.15) is 11.5 Å². The lowest BCUT2D eigenvalue weighted by Gasteiger charge is -2.12. The molecule has 0 spiro atoms. The number of carbonyl (C=O) groups excluding carboxylic acids is 2. The van der Waals surface area contributed by atoms with E-state index in [9.17, 15) is 9.59 Å². The summed E-state index contributed by atoms with van der Waals surface area (Å²) in [5.41, 5.74) is 1.02. The topological polar surface area (TPSA) is 46.6 Å². The Morgan fingerprint density at radius 2 is 1.76 bits per heavy atom. The van der Waals surface area contributed by atoms with E-state index in [2.05, 4.69) is 0 Å². The highest BCUT2D eigenvalue weighted by Crippen LogP contribution is 2.59. The Hall–Kier alpha value is -1.84. The summed E-state index contributed by atoms with van der Waals surface area (Å²) < 4.78 is 5.15. The number of amides is 2. The van der Waals surface area contributed by atoms with Gasteiger partial charge in [-0.2, -0.15) is 0 Å². The molecule has 0 aromatic heterocycles. The van der Waals surface area contributed by atoms with E-state index in [-0.39, 0.29) is 29.6 Å². The number of hydrogen-bond acceptors (Lipinski definition) is 3. The Bertz CT molecular complexity index is 489. The molecule has 1 heterocycles. The van der Waals surface area contributed by atoms with Crippen molar-refractivity contribution in [3.63, 3.8) is 0 Å². The average Bonchev–Trinajstić information content (AvgIpc) is 3.06. The van der Waals surface area contributed by atoms with E-state index in [1.54, 1.807) is 14.2 Å². The highest BCUT2D eigenvalue weighted by atomic mass is 16.5. The van der Waals surface area contributed by atoms with Gasteiger partial charge in [0.05, 0.1) is 18.9 Å². The van der Waals surface area contributed by atoms with Gasteiger partial charge >= 0.3 is 0 Å². The third-order valence-electron chi connectivity index (χ3n) is 3.73. The minimum absolute atomic E-state index is 0.0483. The number of likely N-dealkylation sites (tertiary alicyclic amines) is 1. The van der Waals surface area contributed by atoms with Crippen LogP contribution < -0.4 is 4.74 Å². The van der Waals surface area contributed by atoms with Crippen molar-refractivity contribution >= 4 is 11.8 Å². The predicted octanol–water partition coefficient (Wildman–Crippen LogP) is 1.02. The van der Waals surface area contributed by atoms with Crippen molar-refractivity contribution in [1.82, 2.24) is 4.90 Å². The predicted molar refractivity (Wildman–Crippen MR) is 60.5 cm³/mol. The van der Waals surface area contributed by atoms with E-state index in [0.717, 1.165) is 11.3 Å². The molecule has 1 aliphatic heterocycles. The standard InChI is InChI=1S/C13H13NO3/c1-14-12(15)10-9(11(10)13(14)16)7-4-3-5-8(6-7)17-2/h3-6,9-11H,1-2H3/t9?,10-,11+. The van der Waals surface area contributed by atoms with Gasteiger partial charge in [0.15, 0.2) is 0 Å². The van der Waals surface area contributed by atoms with Crippen LogP contribution in [0, 0.1) is 11.8 Å². The Kier molecular flexibility index (Phi) is 2.02. The van der Waals surface area contributed by atoms with Crippen LogP contribution in [0.5, 0.6) is 5.75 Å². The lowest BCUT2D eigenvalue weighted by Crippen LogP contribution is -2.29. The number of imide groups is 1. The van der Waals surface area contributed by atoms with Gasteiger partial charge in [-0.1, -0.05) is 12.1 Å². The minimum atomic E-state index is -0.139. The summed E-state index contributed by atoms with van der Waals surface area (Å²) in [6.07, 6.45) is 0. The van der Waals surface area contributed by atoms with E-state index in [1.165, 1.54) is 4.90 Å². The quantitative estimate of drug-likeness (QED) is 0.714. The zero-order valence-corrected chi connectivity index (χ0v) is 9.71. The maximum Gasteiger partial charge on any atom is 0.233 e.